The highest BCUT2D eigenvalue weighted by Gasteiger charge is 2.26. The second kappa shape index (κ2) is 4.61. The fourth-order valence-corrected chi connectivity index (χ4v) is 2.78. The summed E-state index contributed by atoms with van der Waals surface area (Å²) in [5.74, 6) is 0.871. The lowest BCUT2D eigenvalue weighted by Crippen LogP contribution is -2.22. The molecule has 0 fully saturated rings. The first-order chi connectivity index (χ1) is 7.57. The van der Waals surface area contributed by atoms with Crippen molar-refractivity contribution >= 4 is 0 Å². The van der Waals surface area contributed by atoms with Crippen molar-refractivity contribution in [2.24, 2.45) is 11.3 Å². The van der Waals surface area contributed by atoms with E-state index in [-0.39, 0.29) is 0 Å². The van der Waals surface area contributed by atoms with Crippen molar-refractivity contribution in [2.75, 3.05) is 0 Å². The molecule has 16 heavy (non-hydrogen) atoms. The Labute approximate surface area is 100 Å². The third-order valence-corrected chi connectivity index (χ3v) is 4.06. The van der Waals surface area contributed by atoms with Gasteiger partial charge < -0.3 is 0 Å². The Kier molecular flexibility index (Phi) is 3.37. The summed E-state index contributed by atoms with van der Waals surface area (Å²) in [4.78, 5) is 0. The number of hydrogen-bond donors (Lipinski definition) is 0. The molecule has 2 aliphatic carbocycles. The second-order valence-electron chi connectivity index (χ2n) is 6.23. The van der Waals surface area contributed by atoms with E-state index in [0.29, 0.717) is 5.41 Å². The van der Waals surface area contributed by atoms with Crippen molar-refractivity contribution in [3.05, 3.63) is 35.5 Å². The standard InChI is InChI=1S/C16H24/c1-16(2,3)15-11-9-14(10-12-15)13-7-5-4-6-8-13/h4-5,7,9,15H,6,8,10-12H2,1-3H3. The van der Waals surface area contributed by atoms with Crippen LogP contribution >= 0.6 is 0 Å². The maximum absolute atomic E-state index is 2.50. The summed E-state index contributed by atoms with van der Waals surface area (Å²) in [5, 5.41) is 0. The second-order valence-corrected chi connectivity index (χ2v) is 6.23. The van der Waals surface area contributed by atoms with E-state index in [4.69, 9.17) is 0 Å². The Morgan fingerprint density at radius 2 is 1.94 bits per heavy atom. The van der Waals surface area contributed by atoms with Gasteiger partial charge in [0.15, 0.2) is 0 Å². The lowest BCUT2D eigenvalue weighted by Gasteiger charge is -2.33. The SMILES string of the molecule is CC(C)(C)C1CC=C(C2=CC=CCC2)CC1. The van der Waals surface area contributed by atoms with E-state index in [1.807, 2.05) is 0 Å². The van der Waals surface area contributed by atoms with Crippen LogP contribution in [-0.4, -0.2) is 0 Å². The molecule has 0 heteroatoms. The van der Waals surface area contributed by atoms with Gasteiger partial charge in [-0.25, -0.2) is 0 Å². The van der Waals surface area contributed by atoms with Gasteiger partial charge in [-0.1, -0.05) is 45.1 Å². The van der Waals surface area contributed by atoms with E-state index in [0.717, 1.165) is 5.92 Å². The lowest BCUT2D eigenvalue weighted by molar-refractivity contribution is 0.221. The van der Waals surface area contributed by atoms with Crippen LogP contribution in [0.2, 0.25) is 0 Å². The molecule has 2 rings (SSSR count). The van der Waals surface area contributed by atoms with Crippen LogP contribution in [0.1, 0.15) is 52.9 Å². The summed E-state index contributed by atoms with van der Waals surface area (Å²) in [5.41, 5.74) is 3.70. The molecule has 0 nitrogen and oxygen atoms in total. The molecule has 0 aliphatic heterocycles. The zero-order valence-electron chi connectivity index (χ0n) is 10.9. The van der Waals surface area contributed by atoms with Crippen LogP contribution in [0.3, 0.4) is 0 Å². The summed E-state index contributed by atoms with van der Waals surface area (Å²) >= 11 is 0. The lowest BCUT2D eigenvalue weighted by atomic mass is 9.72. The van der Waals surface area contributed by atoms with Crippen LogP contribution in [0.25, 0.3) is 0 Å². The molecule has 0 radical (unpaired) electrons. The molecule has 88 valence electrons. The van der Waals surface area contributed by atoms with Gasteiger partial charge >= 0.3 is 0 Å². The normalized spacial score (nSPS) is 26.3. The summed E-state index contributed by atoms with van der Waals surface area (Å²) in [7, 11) is 0. The predicted octanol–water partition coefficient (Wildman–Crippen LogP) is 5.04. The van der Waals surface area contributed by atoms with E-state index in [1.165, 1.54) is 32.1 Å². The molecular formula is C16H24. The molecule has 0 aromatic carbocycles. The first-order valence-electron chi connectivity index (χ1n) is 6.62. The monoisotopic (exact) mass is 216 g/mol. The molecule has 0 N–H and O–H groups in total. The van der Waals surface area contributed by atoms with Gasteiger partial charge in [0.2, 0.25) is 0 Å². The third-order valence-electron chi connectivity index (χ3n) is 4.06. The number of allylic oxidation sites excluding steroid dienone is 6. The molecular weight excluding hydrogens is 192 g/mol. The first kappa shape index (κ1) is 11.7. The molecule has 0 saturated heterocycles. The molecule has 0 saturated carbocycles. The quantitative estimate of drug-likeness (QED) is 0.576. The molecule has 0 spiro atoms. The van der Waals surface area contributed by atoms with E-state index >= 15 is 0 Å². The Hall–Kier alpha value is -0.780. The molecule has 0 aromatic rings. The summed E-state index contributed by atoms with van der Waals surface area (Å²) in [6.45, 7) is 7.12. The third kappa shape index (κ3) is 2.66. The van der Waals surface area contributed by atoms with Crippen molar-refractivity contribution in [1.82, 2.24) is 0 Å². The van der Waals surface area contributed by atoms with Crippen molar-refractivity contribution < 1.29 is 0 Å². The van der Waals surface area contributed by atoms with Crippen LogP contribution < -0.4 is 0 Å². The molecule has 1 unspecified atom stereocenters. The summed E-state index contributed by atoms with van der Waals surface area (Å²) < 4.78 is 0. The van der Waals surface area contributed by atoms with E-state index in [1.54, 1.807) is 11.1 Å². The topological polar surface area (TPSA) is 0 Å². The first-order valence-corrected chi connectivity index (χ1v) is 6.62. The van der Waals surface area contributed by atoms with Crippen molar-refractivity contribution in [3.8, 4) is 0 Å². The molecule has 0 amide bonds. The smallest absolute Gasteiger partial charge is 0.0241 e. The van der Waals surface area contributed by atoms with Gasteiger partial charge in [0, 0.05) is 0 Å². The van der Waals surface area contributed by atoms with Crippen LogP contribution in [0, 0.1) is 11.3 Å². The Balaban J connectivity index is 2.03. The molecule has 1 atom stereocenters. The molecule has 2 aliphatic rings. The van der Waals surface area contributed by atoms with Gasteiger partial charge in [0.1, 0.15) is 0 Å². The maximum atomic E-state index is 2.50. The Morgan fingerprint density at radius 3 is 2.44 bits per heavy atom. The summed E-state index contributed by atoms with van der Waals surface area (Å²) in [6, 6.07) is 0. The van der Waals surface area contributed by atoms with E-state index in [9.17, 15) is 0 Å². The van der Waals surface area contributed by atoms with Crippen LogP contribution in [-0.2, 0) is 0 Å². The zero-order valence-corrected chi connectivity index (χ0v) is 10.9. The van der Waals surface area contributed by atoms with Gasteiger partial charge in [0.25, 0.3) is 0 Å². The largest absolute Gasteiger partial charge is 0.0842 e. The fraction of sp³-hybridized carbons (Fsp3) is 0.625. The van der Waals surface area contributed by atoms with Crippen LogP contribution in [0.5, 0.6) is 0 Å². The minimum absolute atomic E-state index is 0.475. The highest BCUT2D eigenvalue weighted by atomic mass is 14.3. The average molecular weight is 216 g/mol. The van der Waals surface area contributed by atoms with Gasteiger partial charge in [-0.15, -0.1) is 0 Å². The molecule has 0 aromatic heterocycles. The Morgan fingerprint density at radius 1 is 1.12 bits per heavy atom. The van der Waals surface area contributed by atoms with E-state index < -0.39 is 0 Å². The molecule has 0 bridgehead atoms. The highest BCUT2D eigenvalue weighted by molar-refractivity contribution is 5.37. The number of hydrogen-bond acceptors (Lipinski definition) is 0. The Bertz CT molecular complexity index is 334. The van der Waals surface area contributed by atoms with Gasteiger partial charge in [0.05, 0.1) is 0 Å². The predicted molar refractivity (Wildman–Crippen MR) is 71.3 cm³/mol. The minimum Gasteiger partial charge on any atom is -0.0842 e. The van der Waals surface area contributed by atoms with Gasteiger partial charge in [-0.3, -0.25) is 0 Å². The van der Waals surface area contributed by atoms with Crippen molar-refractivity contribution in [1.29, 1.82) is 0 Å². The van der Waals surface area contributed by atoms with Crippen molar-refractivity contribution in [3.63, 3.8) is 0 Å². The fourth-order valence-electron chi connectivity index (χ4n) is 2.78. The minimum atomic E-state index is 0.475. The average Bonchev–Trinajstić information content (AvgIpc) is 2.29. The van der Waals surface area contributed by atoms with E-state index in [2.05, 4.69) is 45.1 Å². The van der Waals surface area contributed by atoms with Gasteiger partial charge in [-0.05, 0) is 54.6 Å². The highest BCUT2D eigenvalue weighted by Crippen LogP contribution is 2.39. The van der Waals surface area contributed by atoms with Gasteiger partial charge in [-0.2, -0.15) is 0 Å². The summed E-state index contributed by atoms with van der Waals surface area (Å²) in [6.07, 6.45) is 15.7. The molecule has 0 heterocycles. The van der Waals surface area contributed by atoms with Crippen molar-refractivity contribution in [2.45, 2.75) is 52.9 Å². The zero-order chi connectivity index (χ0) is 11.6. The van der Waals surface area contributed by atoms with Crippen LogP contribution in [0.4, 0.5) is 0 Å². The van der Waals surface area contributed by atoms with Crippen LogP contribution in [0.15, 0.2) is 35.5 Å². The maximum Gasteiger partial charge on any atom is -0.0241 e. The number of rotatable bonds is 1.